The molecule has 4 aromatic rings. The van der Waals surface area contributed by atoms with E-state index < -0.39 is 0 Å². The summed E-state index contributed by atoms with van der Waals surface area (Å²) < 4.78 is 3.91. The Morgan fingerprint density at radius 2 is 2.13 bits per heavy atom. The van der Waals surface area contributed by atoms with Crippen LogP contribution in [0.2, 0.25) is 0 Å². The average molecular weight is 403 g/mol. The number of amides is 1. The number of nitrogens with one attached hydrogen (secondary N) is 1. The number of benzene rings is 1. The van der Waals surface area contributed by atoms with Gasteiger partial charge in [0.25, 0.3) is 0 Å². The fourth-order valence-corrected chi connectivity index (χ4v) is 4.39. The summed E-state index contributed by atoms with van der Waals surface area (Å²) in [5, 5.41) is 14.2. The minimum atomic E-state index is 0.178. The normalized spacial score (nSPS) is 13.7. The third-order valence-corrected chi connectivity index (χ3v) is 6.05. The highest BCUT2D eigenvalue weighted by molar-refractivity contribution is 5.84. The molecule has 8 heteroatoms. The third kappa shape index (κ3) is 3.08. The summed E-state index contributed by atoms with van der Waals surface area (Å²) in [4.78, 5) is 18.3. The average Bonchev–Trinajstić information content (AvgIpc) is 3.48. The second kappa shape index (κ2) is 7.44. The van der Waals surface area contributed by atoms with Crippen LogP contribution in [0.1, 0.15) is 30.2 Å². The summed E-state index contributed by atoms with van der Waals surface area (Å²) >= 11 is 0. The number of hydrogen-bond donors (Lipinski definition) is 1. The van der Waals surface area contributed by atoms with Gasteiger partial charge in [-0.3, -0.25) is 9.48 Å². The molecule has 5 rings (SSSR count). The standard InChI is InChI=1S/C22H25N7O/c1-3-28-14-24-25-22(28)21-17-13-29(11-10-19(17)27(2)26-21)20(30)9-8-15-12-23-18-7-5-4-6-16(15)18/h4-7,12,14,23H,3,8-11,13H2,1-2H3. The molecule has 0 unspecified atom stereocenters. The molecule has 0 spiro atoms. The molecule has 0 saturated heterocycles. The highest BCUT2D eigenvalue weighted by Gasteiger charge is 2.28. The van der Waals surface area contributed by atoms with Crippen molar-refractivity contribution in [2.45, 2.75) is 39.3 Å². The van der Waals surface area contributed by atoms with Gasteiger partial charge in [-0.2, -0.15) is 5.10 Å². The Kier molecular flexibility index (Phi) is 4.61. The van der Waals surface area contributed by atoms with Gasteiger partial charge in [0.2, 0.25) is 5.91 Å². The first-order valence-corrected chi connectivity index (χ1v) is 10.4. The van der Waals surface area contributed by atoms with E-state index in [0.717, 1.165) is 48.5 Å². The molecule has 1 aliphatic rings. The molecule has 0 bridgehead atoms. The Morgan fingerprint density at radius 1 is 1.27 bits per heavy atom. The van der Waals surface area contributed by atoms with Crippen LogP contribution in [-0.2, 0) is 37.8 Å². The van der Waals surface area contributed by atoms with Gasteiger partial charge in [0.1, 0.15) is 12.0 Å². The van der Waals surface area contributed by atoms with Gasteiger partial charge in [0.05, 0.1) is 0 Å². The van der Waals surface area contributed by atoms with Crippen LogP contribution in [0.4, 0.5) is 0 Å². The molecule has 30 heavy (non-hydrogen) atoms. The summed E-state index contributed by atoms with van der Waals surface area (Å²) in [6.07, 6.45) is 5.78. The van der Waals surface area contributed by atoms with Crippen molar-refractivity contribution >= 4 is 16.8 Å². The van der Waals surface area contributed by atoms with Crippen molar-refractivity contribution in [2.75, 3.05) is 6.54 Å². The number of carbonyl (C=O) groups is 1. The molecule has 0 atom stereocenters. The van der Waals surface area contributed by atoms with Crippen LogP contribution in [0.25, 0.3) is 22.4 Å². The van der Waals surface area contributed by atoms with E-state index in [4.69, 9.17) is 5.10 Å². The van der Waals surface area contributed by atoms with E-state index in [0.29, 0.717) is 13.0 Å². The van der Waals surface area contributed by atoms with Crippen molar-refractivity contribution in [1.29, 1.82) is 0 Å². The van der Waals surface area contributed by atoms with E-state index in [1.807, 2.05) is 39.5 Å². The van der Waals surface area contributed by atoms with Crippen molar-refractivity contribution in [1.82, 2.24) is 34.4 Å². The molecule has 3 aromatic heterocycles. The van der Waals surface area contributed by atoms with Gasteiger partial charge in [-0.05, 0) is 25.0 Å². The summed E-state index contributed by atoms with van der Waals surface area (Å²) in [5.41, 5.74) is 5.40. The fourth-order valence-electron chi connectivity index (χ4n) is 4.39. The number of para-hydroxylation sites is 1. The van der Waals surface area contributed by atoms with Gasteiger partial charge in [0, 0.05) is 67.9 Å². The lowest BCUT2D eigenvalue weighted by Crippen LogP contribution is -2.36. The fraction of sp³-hybridized carbons (Fsp3) is 0.364. The SMILES string of the molecule is CCn1cnnc1-c1nn(C)c2c1CN(C(=O)CCc1c[nH]c3ccccc13)CC2. The van der Waals surface area contributed by atoms with Crippen molar-refractivity contribution in [3.05, 3.63) is 53.6 Å². The third-order valence-electron chi connectivity index (χ3n) is 6.05. The molecule has 1 aromatic carbocycles. The van der Waals surface area contributed by atoms with Crippen LogP contribution >= 0.6 is 0 Å². The predicted molar refractivity (Wildman–Crippen MR) is 114 cm³/mol. The van der Waals surface area contributed by atoms with Crippen LogP contribution in [0.3, 0.4) is 0 Å². The summed E-state index contributed by atoms with van der Waals surface area (Å²) in [7, 11) is 1.96. The lowest BCUT2D eigenvalue weighted by molar-refractivity contribution is -0.132. The van der Waals surface area contributed by atoms with Crippen LogP contribution in [0, 0.1) is 0 Å². The second-order valence-electron chi connectivity index (χ2n) is 7.76. The number of rotatable bonds is 5. The van der Waals surface area contributed by atoms with Gasteiger partial charge in [-0.15, -0.1) is 10.2 Å². The number of fused-ring (bicyclic) bond motifs is 2. The van der Waals surface area contributed by atoms with E-state index in [1.165, 1.54) is 16.6 Å². The molecule has 1 N–H and O–H groups in total. The second-order valence-corrected chi connectivity index (χ2v) is 7.76. The number of aromatic nitrogens is 6. The van der Waals surface area contributed by atoms with E-state index >= 15 is 0 Å². The quantitative estimate of drug-likeness (QED) is 0.555. The van der Waals surface area contributed by atoms with Crippen LogP contribution in [-0.4, -0.2) is 46.9 Å². The minimum absolute atomic E-state index is 0.178. The van der Waals surface area contributed by atoms with Crippen molar-refractivity contribution < 1.29 is 4.79 Å². The van der Waals surface area contributed by atoms with E-state index in [1.54, 1.807) is 6.33 Å². The van der Waals surface area contributed by atoms with E-state index in [2.05, 4.69) is 34.2 Å². The van der Waals surface area contributed by atoms with E-state index in [9.17, 15) is 4.79 Å². The van der Waals surface area contributed by atoms with Crippen molar-refractivity contribution in [2.24, 2.45) is 7.05 Å². The number of aryl methyl sites for hydroxylation is 3. The highest BCUT2D eigenvalue weighted by atomic mass is 16.2. The van der Waals surface area contributed by atoms with Crippen LogP contribution < -0.4 is 0 Å². The van der Waals surface area contributed by atoms with Gasteiger partial charge in [0.15, 0.2) is 5.82 Å². The Morgan fingerprint density at radius 3 is 3.00 bits per heavy atom. The predicted octanol–water partition coefficient (Wildman–Crippen LogP) is 2.70. The number of aromatic amines is 1. The first kappa shape index (κ1) is 18.6. The molecule has 1 amide bonds. The first-order valence-electron chi connectivity index (χ1n) is 10.4. The minimum Gasteiger partial charge on any atom is -0.361 e. The first-order chi connectivity index (χ1) is 14.7. The van der Waals surface area contributed by atoms with E-state index in [-0.39, 0.29) is 5.91 Å². The number of H-pyrrole nitrogens is 1. The van der Waals surface area contributed by atoms with Gasteiger partial charge >= 0.3 is 0 Å². The number of nitrogens with zero attached hydrogens (tertiary/aromatic N) is 6. The zero-order valence-corrected chi connectivity index (χ0v) is 17.3. The number of hydrogen-bond acceptors (Lipinski definition) is 4. The van der Waals surface area contributed by atoms with Gasteiger partial charge in [-0.1, -0.05) is 18.2 Å². The summed E-state index contributed by atoms with van der Waals surface area (Å²) in [5.74, 6) is 0.945. The molecular formula is C22H25N7O. The molecule has 0 aliphatic carbocycles. The van der Waals surface area contributed by atoms with Gasteiger partial charge < -0.3 is 14.5 Å². The Bertz CT molecular complexity index is 1220. The lowest BCUT2D eigenvalue weighted by atomic mass is 10.0. The number of carbonyl (C=O) groups excluding carboxylic acids is 1. The Hall–Kier alpha value is -3.42. The lowest BCUT2D eigenvalue weighted by Gasteiger charge is -2.27. The maximum Gasteiger partial charge on any atom is 0.223 e. The zero-order valence-electron chi connectivity index (χ0n) is 17.3. The molecule has 1 aliphatic heterocycles. The van der Waals surface area contributed by atoms with Crippen molar-refractivity contribution in [3.8, 4) is 11.5 Å². The molecule has 154 valence electrons. The molecule has 0 radical (unpaired) electrons. The smallest absolute Gasteiger partial charge is 0.223 e. The van der Waals surface area contributed by atoms with Crippen molar-refractivity contribution in [3.63, 3.8) is 0 Å². The molecular weight excluding hydrogens is 378 g/mol. The zero-order chi connectivity index (χ0) is 20.7. The van der Waals surface area contributed by atoms with Crippen LogP contribution in [0.5, 0.6) is 0 Å². The Labute approximate surface area is 174 Å². The molecule has 4 heterocycles. The molecule has 0 fully saturated rings. The summed E-state index contributed by atoms with van der Waals surface area (Å²) in [6.45, 7) is 4.13. The molecule has 8 nitrogen and oxygen atoms in total. The maximum atomic E-state index is 13.0. The largest absolute Gasteiger partial charge is 0.361 e. The maximum absolute atomic E-state index is 13.0. The van der Waals surface area contributed by atoms with Gasteiger partial charge in [-0.25, -0.2) is 0 Å². The summed E-state index contributed by atoms with van der Waals surface area (Å²) in [6, 6.07) is 8.22. The topological polar surface area (TPSA) is 84.6 Å². The highest BCUT2D eigenvalue weighted by Crippen LogP contribution is 2.29. The van der Waals surface area contributed by atoms with Crippen LogP contribution in [0.15, 0.2) is 36.8 Å². The molecule has 0 saturated carbocycles. The monoisotopic (exact) mass is 403 g/mol. The Balaban J connectivity index is 1.34.